The van der Waals surface area contributed by atoms with Crippen LogP contribution in [0.3, 0.4) is 0 Å². The highest BCUT2D eigenvalue weighted by Crippen LogP contribution is 2.32. The molecule has 0 aliphatic carbocycles. The van der Waals surface area contributed by atoms with Crippen LogP contribution in [0.2, 0.25) is 5.02 Å². The molecule has 0 radical (unpaired) electrons. The molecule has 20 heavy (non-hydrogen) atoms. The highest BCUT2D eigenvalue weighted by Gasteiger charge is 2.38. The normalized spacial score (nSPS) is 24.8. The van der Waals surface area contributed by atoms with Gasteiger partial charge in [0, 0.05) is 18.6 Å². The van der Waals surface area contributed by atoms with E-state index in [9.17, 15) is 8.42 Å². The van der Waals surface area contributed by atoms with Crippen molar-refractivity contribution in [1.29, 1.82) is 0 Å². The van der Waals surface area contributed by atoms with Gasteiger partial charge in [0.1, 0.15) is 4.90 Å². The Morgan fingerprint density at radius 3 is 2.70 bits per heavy atom. The molecule has 0 spiro atoms. The minimum atomic E-state index is -3.60. The van der Waals surface area contributed by atoms with Gasteiger partial charge in [0.2, 0.25) is 10.0 Å². The molecule has 2 rings (SSSR count). The number of benzene rings is 1. The summed E-state index contributed by atoms with van der Waals surface area (Å²) in [5.41, 5.74) is 6.69. The Kier molecular flexibility index (Phi) is 4.74. The van der Waals surface area contributed by atoms with E-state index in [4.69, 9.17) is 17.3 Å². The topological polar surface area (TPSA) is 63.4 Å². The van der Waals surface area contributed by atoms with E-state index >= 15 is 0 Å². The zero-order valence-electron chi connectivity index (χ0n) is 11.8. The third-order valence-electron chi connectivity index (χ3n) is 3.87. The van der Waals surface area contributed by atoms with Crippen LogP contribution < -0.4 is 5.73 Å². The molecule has 2 N–H and O–H groups in total. The van der Waals surface area contributed by atoms with Gasteiger partial charge in [-0.1, -0.05) is 24.1 Å². The highest BCUT2D eigenvalue weighted by molar-refractivity contribution is 7.89. The van der Waals surface area contributed by atoms with Gasteiger partial charge in [0.25, 0.3) is 0 Å². The van der Waals surface area contributed by atoms with E-state index < -0.39 is 10.0 Å². The summed E-state index contributed by atoms with van der Waals surface area (Å²) in [5, 5.41) is 0.276. The molecule has 0 amide bonds. The van der Waals surface area contributed by atoms with Crippen LogP contribution in [0.15, 0.2) is 23.1 Å². The van der Waals surface area contributed by atoms with Crippen molar-refractivity contribution < 1.29 is 8.42 Å². The maximum absolute atomic E-state index is 12.9. The lowest BCUT2D eigenvalue weighted by atomic mass is 10.00. The lowest BCUT2D eigenvalue weighted by molar-refractivity contribution is 0.196. The van der Waals surface area contributed by atoms with Crippen LogP contribution in [0, 0.1) is 6.92 Å². The molecule has 4 nitrogen and oxygen atoms in total. The van der Waals surface area contributed by atoms with Crippen LogP contribution in [0.5, 0.6) is 0 Å². The molecule has 1 aliphatic heterocycles. The monoisotopic (exact) mass is 316 g/mol. The average molecular weight is 317 g/mol. The van der Waals surface area contributed by atoms with E-state index in [0.29, 0.717) is 6.54 Å². The number of aryl methyl sites for hydroxylation is 1. The Labute approximate surface area is 126 Å². The standard InChI is InChI=1S/C14H21ClN2O2S/c1-10-6-7-14(13(15)8-10)20(18,19)17-11(2)4-3-5-12(17)9-16/h6-8,11-12H,3-5,9,16H2,1-2H3. The number of nitrogens with two attached hydrogens (primary N) is 1. The molecule has 1 fully saturated rings. The van der Waals surface area contributed by atoms with E-state index in [2.05, 4.69) is 0 Å². The van der Waals surface area contributed by atoms with Crippen molar-refractivity contribution in [3.05, 3.63) is 28.8 Å². The zero-order valence-corrected chi connectivity index (χ0v) is 13.4. The van der Waals surface area contributed by atoms with Crippen molar-refractivity contribution >= 4 is 21.6 Å². The van der Waals surface area contributed by atoms with Gasteiger partial charge in [0.15, 0.2) is 0 Å². The molecule has 1 saturated heterocycles. The predicted molar refractivity (Wildman–Crippen MR) is 81.4 cm³/mol. The number of halogens is 1. The SMILES string of the molecule is Cc1ccc(S(=O)(=O)N2C(C)CCCC2CN)c(Cl)c1. The Bertz CT molecular complexity index is 589. The predicted octanol–water partition coefficient (Wildman–Crippen LogP) is 2.54. The number of rotatable bonds is 3. The second-order valence-electron chi connectivity index (χ2n) is 5.44. The molecule has 0 bridgehead atoms. The summed E-state index contributed by atoms with van der Waals surface area (Å²) in [6.07, 6.45) is 2.68. The second-order valence-corrected chi connectivity index (χ2v) is 7.66. The fourth-order valence-electron chi connectivity index (χ4n) is 2.85. The molecular formula is C14H21ClN2O2S. The third kappa shape index (κ3) is 2.86. The van der Waals surface area contributed by atoms with Crippen LogP contribution in [0.1, 0.15) is 31.7 Å². The van der Waals surface area contributed by atoms with Crippen molar-refractivity contribution in [1.82, 2.24) is 4.31 Å². The Hall–Kier alpha value is -0.620. The van der Waals surface area contributed by atoms with Crippen LogP contribution in [0.25, 0.3) is 0 Å². The van der Waals surface area contributed by atoms with Crippen LogP contribution in [-0.2, 0) is 10.0 Å². The molecule has 1 heterocycles. The molecular weight excluding hydrogens is 296 g/mol. The summed E-state index contributed by atoms with van der Waals surface area (Å²) >= 11 is 6.13. The van der Waals surface area contributed by atoms with E-state index in [-0.39, 0.29) is 22.0 Å². The first-order chi connectivity index (χ1) is 9.37. The number of piperidine rings is 1. The average Bonchev–Trinajstić information content (AvgIpc) is 2.37. The number of nitrogens with zero attached hydrogens (tertiary/aromatic N) is 1. The van der Waals surface area contributed by atoms with Crippen molar-refractivity contribution in [3.8, 4) is 0 Å². The minimum Gasteiger partial charge on any atom is -0.329 e. The van der Waals surface area contributed by atoms with Crippen LogP contribution in [-0.4, -0.2) is 31.4 Å². The maximum Gasteiger partial charge on any atom is 0.245 e. The van der Waals surface area contributed by atoms with Crippen molar-refractivity contribution in [3.63, 3.8) is 0 Å². The molecule has 2 atom stereocenters. The number of hydrogen-bond donors (Lipinski definition) is 1. The molecule has 1 aromatic carbocycles. The highest BCUT2D eigenvalue weighted by atomic mass is 35.5. The Morgan fingerprint density at radius 1 is 1.40 bits per heavy atom. The summed E-state index contributed by atoms with van der Waals surface area (Å²) in [7, 11) is -3.60. The van der Waals surface area contributed by atoms with Gasteiger partial charge in [-0.2, -0.15) is 4.31 Å². The van der Waals surface area contributed by atoms with Gasteiger partial charge in [-0.3, -0.25) is 0 Å². The first-order valence-corrected chi connectivity index (χ1v) is 8.69. The fraction of sp³-hybridized carbons (Fsp3) is 0.571. The maximum atomic E-state index is 12.9. The van der Waals surface area contributed by atoms with Crippen molar-refractivity contribution in [2.75, 3.05) is 6.54 Å². The minimum absolute atomic E-state index is 0.0420. The van der Waals surface area contributed by atoms with Gasteiger partial charge in [-0.15, -0.1) is 0 Å². The number of hydrogen-bond acceptors (Lipinski definition) is 3. The molecule has 112 valence electrons. The molecule has 0 aromatic heterocycles. The van der Waals surface area contributed by atoms with Gasteiger partial charge in [-0.25, -0.2) is 8.42 Å². The van der Waals surface area contributed by atoms with E-state index in [1.54, 1.807) is 22.5 Å². The summed E-state index contributed by atoms with van der Waals surface area (Å²) in [6, 6.07) is 4.86. The molecule has 1 aliphatic rings. The van der Waals surface area contributed by atoms with E-state index in [1.165, 1.54) is 0 Å². The summed E-state index contributed by atoms with van der Waals surface area (Å²) in [6.45, 7) is 4.16. The fourth-order valence-corrected chi connectivity index (χ4v) is 5.31. The van der Waals surface area contributed by atoms with Crippen molar-refractivity contribution in [2.24, 2.45) is 5.73 Å². The summed E-state index contributed by atoms with van der Waals surface area (Å²) in [4.78, 5) is 0.178. The molecule has 1 aromatic rings. The number of sulfonamides is 1. The van der Waals surface area contributed by atoms with E-state index in [1.807, 2.05) is 13.8 Å². The first-order valence-electron chi connectivity index (χ1n) is 6.87. The zero-order chi connectivity index (χ0) is 14.9. The molecule has 2 unspecified atom stereocenters. The second kappa shape index (κ2) is 6.02. The van der Waals surface area contributed by atoms with Gasteiger partial charge in [0.05, 0.1) is 5.02 Å². The molecule has 0 saturated carbocycles. The quantitative estimate of drug-likeness (QED) is 0.932. The van der Waals surface area contributed by atoms with Crippen LogP contribution >= 0.6 is 11.6 Å². The first kappa shape index (κ1) is 15.8. The largest absolute Gasteiger partial charge is 0.329 e. The van der Waals surface area contributed by atoms with Crippen molar-refractivity contribution in [2.45, 2.75) is 50.1 Å². The van der Waals surface area contributed by atoms with Gasteiger partial charge < -0.3 is 5.73 Å². The van der Waals surface area contributed by atoms with Gasteiger partial charge >= 0.3 is 0 Å². The smallest absolute Gasteiger partial charge is 0.245 e. The van der Waals surface area contributed by atoms with Crippen LogP contribution in [0.4, 0.5) is 0 Å². The van der Waals surface area contributed by atoms with E-state index in [0.717, 1.165) is 24.8 Å². The lowest BCUT2D eigenvalue weighted by Gasteiger charge is -2.39. The third-order valence-corrected chi connectivity index (χ3v) is 6.42. The summed E-state index contributed by atoms with van der Waals surface area (Å²) < 4.78 is 27.3. The Morgan fingerprint density at radius 2 is 2.10 bits per heavy atom. The summed E-state index contributed by atoms with van der Waals surface area (Å²) in [5.74, 6) is 0. The Balaban J connectivity index is 2.47. The lowest BCUT2D eigenvalue weighted by Crippen LogP contribution is -2.51. The molecule has 6 heteroatoms. The van der Waals surface area contributed by atoms with Gasteiger partial charge in [-0.05, 0) is 44.4 Å².